The molecule has 0 bridgehead atoms. The smallest absolute Gasteiger partial charge is 0.411 e. The Morgan fingerprint density at radius 3 is 1.95 bits per heavy atom. The third-order valence-corrected chi connectivity index (χ3v) is 11.5. The lowest BCUT2D eigenvalue weighted by Crippen LogP contribution is -2.56. The van der Waals surface area contributed by atoms with Crippen LogP contribution in [-0.4, -0.2) is 60.6 Å². The number of benzene rings is 4. The number of amides is 4. The summed E-state index contributed by atoms with van der Waals surface area (Å²) in [7, 11) is 0. The van der Waals surface area contributed by atoms with Gasteiger partial charge in [-0.05, 0) is 102 Å². The Morgan fingerprint density at radius 2 is 1.38 bits per heavy atom. The number of ether oxygens (including phenoxy) is 2. The highest BCUT2D eigenvalue weighted by atomic mass is 16.6. The maximum atomic E-state index is 13.5. The number of aliphatic carboxylic acids is 1. The molecule has 326 valence electrons. The van der Waals surface area contributed by atoms with Gasteiger partial charge in [0.05, 0.1) is 5.41 Å². The minimum atomic E-state index is -0.925. The number of fused-ring (bicyclic) bond motifs is 3. The van der Waals surface area contributed by atoms with Gasteiger partial charge < -0.3 is 48.1 Å². The van der Waals surface area contributed by atoms with Crippen molar-refractivity contribution >= 4 is 29.9 Å². The van der Waals surface area contributed by atoms with E-state index in [9.17, 15) is 24.3 Å². The molecular formula is C47H61N7O7. The SMILES string of the molecule is CC(C)C(NC(=O)OCC1c2ccccc2-c2ccccc21)C(N)C(CCCNC(N)=O)C(N)c1ccc(COC(=O)Nc2ccc(CC(N)CC(C)(C)C(=O)O)cc2)cc1. The summed E-state index contributed by atoms with van der Waals surface area (Å²) in [6.45, 7) is 7.78. The topological polar surface area (TPSA) is 247 Å². The van der Waals surface area contributed by atoms with Crippen molar-refractivity contribution in [3.63, 3.8) is 0 Å². The highest BCUT2D eigenvalue weighted by molar-refractivity contribution is 5.84. The molecule has 0 saturated heterocycles. The van der Waals surface area contributed by atoms with E-state index in [1.165, 1.54) is 0 Å². The van der Waals surface area contributed by atoms with Crippen LogP contribution in [0.15, 0.2) is 97.1 Å². The first kappa shape index (κ1) is 46.1. The van der Waals surface area contributed by atoms with Gasteiger partial charge in [0.2, 0.25) is 0 Å². The number of carbonyl (C=O) groups is 4. The quantitative estimate of drug-likeness (QED) is 0.0435. The van der Waals surface area contributed by atoms with Crippen LogP contribution in [0.1, 0.15) is 86.7 Å². The average Bonchev–Trinajstić information content (AvgIpc) is 3.54. The summed E-state index contributed by atoms with van der Waals surface area (Å²) >= 11 is 0. The second-order valence-electron chi connectivity index (χ2n) is 16.9. The van der Waals surface area contributed by atoms with Crippen LogP contribution in [0.2, 0.25) is 0 Å². The van der Waals surface area contributed by atoms with E-state index in [2.05, 4.69) is 40.2 Å². The van der Waals surface area contributed by atoms with Crippen molar-refractivity contribution in [3.05, 3.63) is 125 Å². The number of alkyl carbamates (subject to hydrolysis) is 1. The van der Waals surface area contributed by atoms with Crippen molar-refractivity contribution in [1.82, 2.24) is 10.6 Å². The molecular weight excluding hydrogens is 775 g/mol. The molecule has 4 aromatic carbocycles. The van der Waals surface area contributed by atoms with Gasteiger partial charge in [-0.15, -0.1) is 0 Å². The molecule has 4 amide bonds. The Morgan fingerprint density at radius 1 is 0.787 bits per heavy atom. The molecule has 0 radical (unpaired) electrons. The molecule has 5 rings (SSSR count). The summed E-state index contributed by atoms with van der Waals surface area (Å²) < 4.78 is 11.4. The first-order valence-corrected chi connectivity index (χ1v) is 20.8. The van der Waals surface area contributed by atoms with E-state index in [0.717, 1.165) is 38.9 Å². The third-order valence-electron chi connectivity index (χ3n) is 11.5. The maximum absolute atomic E-state index is 13.5. The molecule has 5 atom stereocenters. The standard InChI is InChI=1S/C47H61N7O7/c1-28(2)42(54-46(59)61-27-39-36-12-7-5-10-34(36)35-11-6-8-13-37(35)39)41(50)38(14-9-23-52-44(51)57)40(49)31-19-15-30(16-20-31)26-60-45(58)53-33-21-17-29(18-22-33)24-32(48)25-47(3,4)43(55)56/h5-8,10-13,15-22,28,32,38-42H,9,14,23-27,48-50H2,1-4H3,(H,53,58)(H,54,59)(H,55,56)(H3,51,52,57). The summed E-state index contributed by atoms with van der Waals surface area (Å²) in [6, 6.07) is 28.3. The molecule has 0 aromatic heterocycles. The van der Waals surface area contributed by atoms with E-state index < -0.39 is 47.7 Å². The second kappa shape index (κ2) is 21.0. The molecule has 0 saturated carbocycles. The van der Waals surface area contributed by atoms with Gasteiger partial charge in [0.25, 0.3) is 0 Å². The Hall–Kier alpha value is -5.96. The first-order valence-electron chi connectivity index (χ1n) is 20.8. The molecule has 0 spiro atoms. The van der Waals surface area contributed by atoms with Crippen molar-refractivity contribution < 1.29 is 33.8 Å². The predicted molar refractivity (Wildman–Crippen MR) is 236 cm³/mol. The lowest BCUT2D eigenvalue weighted by molar-refractivity contribution is -0.147. The number of nitrogens with two attached hydrogens (primary N) is 4. The molecule has 14 heteroatoms. The van der Waals surface area contributed by atoms with Crippen LogP contribution in [0, 0.1) is 17.3 Å². The van der Waals surface area contributed by atoms with Crippen molar-refractivity contribution in [2.75, 3.05) is 18.5 Å². The van der Waals surface area contributed by atoms with E-state index in [0.29, 0.717) is 37.9 Å². The molecule has 4 aromatic rings. The molecule has 1 aliphatic rings. The Labute approximate surface area is 358 Å². The van der Waals surface area contributed by atoms with Crippen LogP contribution in [0.5, 0.6) is 0 Å². The zero-order valence-electron chi connectivity index (χ0n) is 35.4. The van der Waals surface area contributed by atoms with Crippen LogP contribution in [0.25, 0.3) is 11.1 Å². The first-order chi connectivity index (χ1) is 29.0. The van der Waals surface area contributed by atoms with E-state index in [1.807, 2.05) is 74.5 Å². The van der Waals surface area contributed by atoms with Crippen LogP contribution >= 0.6 is 0 Å². The van der Waals surface area contributed by atoms with Gasteiger partial charge in [-0.2, -0.15) is 0 Å². The number of carboxylic acids is 1. The van der Waals surface area contributed by atoms with Gasteiger partial charge in [-0.1, -0.05) is 98.8 Å². The summed E-state index contributed by atoms with van der Waals surface area (Å²) in [5.74, 6) is -1.38. The number of rotatable bonds is 20. The molecule has 0 fully saturated rings. The lowest BCUT2D eigenvalue weighted by Gasteiger charge is -2.37. The van der Waals surface area contributed by atoms with Crippen LogP contribution in [0.4, 0.5) is 20.1 Å². The van der Waals surface area contributed by atoms with Gasteiger partial charge in [0, 0.05) is 42.3 Å². The Bertz CT molecular complexity index is 2060. The molecule has 61 heavy (non-hydrogen) atoms. The number of urea groups is 1. The van der Waals surface area contributed by atoms with Crippen molar-refractivity contribution in [3.8, 4) is 11.1 Å². The number of hydrogen-bond donors (Lipinski definition) is 8. The molecule has 0 aliphatic heterocycles. The molecule has 5 unspecified atom stereocenters. The number of carbonyl (C=O) groups excluding carboxylic acids is 3. The lowest BCUT2D eigenvalue weighted by atomic mass is 9.78. The number of nitrogens with one attached hydrogen (secondary N) is 3. The predicted octanol–water partition coefficient (Wildman–Crippen LogP) is 6.76. The van der Waals surface area contributed by atoms with Crippen LogP contribution in [0.3, 0.4) is 0 Å². The number of carboxylic acid groups (broad SMARTS) is 1. The maximum Gasteiger partial charge on any atom is 0.411 e. The number of primary amides is 1. The minimum absolute atomic E-state index is 0.00879. The zero-order chi connectivity index (χ0) is 44.3. The Balaban J connectivity index is 1.17. The fraction of sp³-hybridized carbons (Fsp3) is 0.404. The monoisotopic (exact) mass is 835 g/mol. The Kier molecular flexibility index (Phi) is 15.9. The van der Waals surface area contributed by atoms with Gasteiger partial charge >= 0.3 is 24.2 Å². The van der Waals surface area contributed by atoms with Gasteiger partial charge in [0.15, 0.2) is 0 Å². The largest absolute Gasteiger partial charge is 0.481 e. The van der Waals surface area contributed by atoms with Crippen molar-refractivity contribution in [2.24, 2.45) is 40.2 Å². The fourth-order valence-corrected chi connectivity index (χ4v) is 8.14. The van der Waals surface area contributed by atoms with Gasteiger partial charge in [0.1, 0.15) is 13.2 Å². The summed E-state index contributed by atoms with van der Waals surface area (Å²) in [4.78, 5) is 49.0. The molecule has 0 heterocycles. The highest BCUT2D eigenvalue weighted by Crippen LogP contribution is 2.44. The molecule has 14 nitrogen and oxygen atoms in total. The zero-order valence-corrected chi connectivity index (χ0v) is 35.4. The van der Waals surface area contributed by atoms with Crippen LogP contribution < -0.4 is 38.9 Å². The third kappa shape index (κ3) is 12.5. The summed E-state index contributed by atoms with van der Waals surface area (Å²) in [6.07, 6.45) is 0.702. The number of anilines is 1. The number of hydrogen-bond acceptors (Lipinski definition) is 9. The van der Waals surface area contributed by atoms with Crippen molar-refractivity contribution in [1.29, 1.82) is 0 Å². The van der Waals surface area contributed by atoms with E-state index >= 15 is 0 Å². The normalized spacial score (nSPS) is 14.8. The van der Waals surface area contributed by atoms with E-state index in [1.54, 1.807) is 26.0 Å². The van der Waals surface area contributed by atoms with Gasteiger partial charge in [-0.3, -0.25) is 10.1 Å². The second-order valence-corrected chi connectivity index (χ2v) is 16.9. The van der Waals surface area contributed by atoms with Crippen LogP contribution in [-0.2, 0) is 27.3 Å². The van der Waals surface area contributed by atoms with Crippen molar-refractivity contribution in [2.45, 2.75) is 90.1 Å². The van der Waals surface area contributed by atoms with Gasteiger partial charge in [-0.25, -0.2) is 14.4 Å². The fourth-order valence-electron chi connectivity index (χ4n) is 8.14. The van der Waals surface area contributed by atoms with E-state index in [4.69, 9.17) is 32.4 Å². The average molecular weight is 836 g/mol. The summed E-state index contributed by atoms with van der Waals surface area (Å²) in [5.41, 5.74) is 32.1. The molecule has 12 N–H and O–H groups in total. The highest BCUT2D eigenvalue weighted by Gasteiger charge is 2.35. The summed E-state index contributed by atoms with van der Waals surface area (Å²) in [5, 5.41) is 17.8. The molecule has 1 aliphatic carbocycles. The van der Waals surface area contributed by atoms with E-state index in [-0.39, 0.29) is 37.0 Å². The minimum Gasteiger partial charge on any atom is -0.481 e.